The van der Waals surface area contributed by atoms with Crippen LogP contribution in [-0.4, -0.2) is 61.0 Å². The monoisotopic (exact) mass is 790 g/mol. The maximum atomic E-state index is 13.6. The summed E-state index contributed by atoms with van der Waals surface area (Å²) in [6.45, 7) is 10.8. The van der Waals surface area contributed by atoms with Crippen LogP contribution in [0.25, 0.3) is 44.1 Å². The van der Waals surface area contributed by atoms with Gasteiger partial charge in [-0.15, -0.1) is 0 Å². The average molecular weight is 791 g/mol. The lowest BCUT2D eigenvalue weighted by molar-refractivity contribution is 0.0662. The van der Waals surface area contributed by atoms with Gasteiger partial charge in [-0.25, -0.2) is 0 Å². The van der Waals surface area contributed by atoms with Gasteiger partial charge < -0.3 is 43.0 Å². The topological polar surface area (TPSA) is 131 Å². The molecule has 3 heterocycles. The number of rotatable bonds is 8. The molecule has 4 aromatic carbocycles. The predicted molar refractivity (Wildman–Crippen MR) is 230 cm³/mol. The molecule has 1 aliphatic heterocycles. The number of aromatic hydroxyl groups is 2. The molecule has 0 spiro atoms. The summed E-state index contributed by atoms with van der Waals surface area (Å²) in [4.78, 5) is 26.6. The molecule has 1 aliphatic rings. The molecule has 0 aliphatic carbocycles. The molecule has 0 atom stereocenters. The van der Waals surface area contributed by atoms with Gasteiger partial charge in [0.1, 0.15) is 34.5 Å². The first-order chi connectivity index (χ1) is 27.6. The molecule has 2 aromatic heterocycles. The molecule has 6 aromatic rings. The Labute approximate surface area is 339 Å². The van der Waals surface area contributed by atoms with E-state index in [1.807, 2.05) is 83.1 Å². The van der Waals surface area contributed by atoms with E-state index < -0.39 is 0 Å². The van der Waals surface area contributed by atoms with E-state index in [0.717, 1.165) is 105 Å². The summed E-state index contributed by atoms with van der Waals surface area (Å²) in [6.07, 6.45) is 2.76. The molecule has 0 saturated carbocycles. The van der Waals surface area contributed by atoms with Crippen LogP contribution in [-0.2, 0) is 25.3 Å². The SMILES string of the molecule is COc1cc2cc(-c3cc(C)c(O)c(C)c3)n(C)c(=O)c2c(OC)c1C.COc1cc2cc(-c3cc(C)c(O)c(C)c3)n(C)c(=O)c2c(OC)c1CC1CCOCC1. The van der Waals surface area contributed by atoms with Crippen LogP contribution in [0.15, 0.2) is 58.1 Å². The molecular formula is C47H54N2O9. The van der Waals surface area contributed by atoms with Gasteiger partial charge in [0, 0.05) is 38.4 Å². The average Bonchev–Trinajstić information content (AvgIpc) is 3.21. The third-order valence-corrected chi connectivity index (χ3v) is 11.5. The molecule has 1 fully saturated rings. The Morgan fingerprint density at radius 2 is 1.02 bits per heavy atom. The highest BCUT2D eigenvalue weighted by atomic mass is 16.5. The number of nitrogens with zero attached hydrogens (tertiary/aromatic N) is 2. The Bertz CT molecular complexity index is 2620. The van der Waals surface area contributed by atoms with Gasteiger partial charge in [-0.2, -0.15) is 0 Å². The second-order valence-corrected chi connectivity index (χ2v) is 15.2. The molecule has 7 rings (SSSR count). The number of benzene rings is 4. The highest BCUT2D eigenvalue weighted by molar-refractivity contribution is 5.94. The van der Waals surface area contributed by atoms with Crippen LogP contribution in [0.4, 0.5) is 0 Å². The zero-order chi connectivity index (χ0) is 42.2. The Hall–Kier alpha value is -5.94. The quantitative estimate of drug-likeness (QED) is 0.156. The summed E-state index contributed by atoms with van der Waals surface area (Å²) in [6, 6.07) is 15.3. The molecule has 0 radical (unpaired) electrons. The Kier molecular flexibility index (Phi) is 12.1. The number of methoxy groups -OCH3 is 4. The Morgan fingerprint density at radius 1 is 0.603 bits per heavy atom. The highest BCUT2D eigenvalue weighted by Gasteiger charge is 2.24. The Morgan fingerprint density at radius 3 is 1.43 bits per heavy atom. The third-order valence-electron chi connectivity index (χ3n) is 11.5. The third kappa shape index (κ3) is 7.58. The van der Waals surface area contributed by atoms with E-state index in [0.29, 0.717) is 33.9 Å². The highest BCUT2D eigenvalue weighted by Crippen LogP contribution is 2.41. The minimum absolute atomic E-state index is 0.117. The zero-order valence-corrected chi connectivity index (χ0v) is 35.4. The van der Waals surface area contributed by atoms with E-state index in [1.165, 1.54) is 0 Å². The van der Waals surface area contributed by atoms with Crippen molar-refractivity contribution in [1.82, 2.24) is 9.13 Å². The van der Waals surface area contributed by atoms with E-state index >= 15 is 0 Å². The number of fused-ring (bicyclic) bond motifs is 2. The second-order valence-electron chi connectivity index (χ2n) is 15.2. The maximum Gasteiger partial charge on any atom is 0.262 e. The van der Waals surface area contributed by atoms with Crippen LogP contribution in [0.2, 0.25) is 0 Å². The molecule has 11 nitrogen and oxygen atoms in total. The summed E-state index contributed by atoms with van der Waals surface area (Å²) in [5.41, 5.74) is 7.86. The van der Waals surface area contributed by atoms with Gasteiger partial charge >= 0.3 is 0 Å². The van der Waals surface area contributed by atoms with Crippen LogP contribution in [0.3, 0.4) is 0 Å². The number of phenols is 2. The lowest BCUT2D eigenvalue weighted by Crippen LogP contribution is -2.21. The van der Waals surface area contributed by atoms with Gasteiger partial charge in [-0.1, -0.05) is 0 Å². The van der Waals surface area contributed by atoms with Crippen LogP contribution in [0, 0.1) is 40.5 Å². The Balaban J connectivity index is 0.000000200. The first-order valence-corrected chi connectivity index (χ1v) is 19.4. The summed E-state index contributed by atoms with van der Waals surface area (Å²) in [5.74, 6) is 3.56. The largest absolute Gasteiger partial charge is 0.507 e. The van der Waals surface area contributed by atoms with Crippen molar-refractivity contribution in [2.45, 2.75) is 53.9 Å². The molecule has 0 unspecified atom stereocenters. The lowest BCUT2D eigenvalue weighted by Gasteiger charge is -2.24. The summed E-state index contributed by atoms with van der Waals surface area (Å²) in [7, 11) is 9.94. The zero-order valence-electron chi connectivity index (χ0n) is 35.4. The first kappa shape index (κ1) is 41.7. The van der Waals surface area contributed by atoms with Crippen molar-refractivity contribution in [3.63, 3.8) is 0 Å². The fraction of sp³-hybridized carbons (Fsp3) is 0.362. The minimum Gasteiger partial charge on any atom is -0.507 e. The summed E-state index contributed by atoms with van der Waals surface area (Å²) >= 11 is 0. The molecule has 0 amide bonds. The number of phenolic OH excluding ortho intramolecular Hbond substituents is 2. The number of hydrogen-bond acceptors (Lipinski definition) is 9. The first-order valence-electron chi connectivity index (χ1n) is 19.4. The number of hydrogen-bond donors (Lipinski definition) is 2. The molecule has 1 saturated heterocycles. The van der Waals surface area contributed by atoms with Gasteiger partial charge in [0.05, 0.1) is 50.6 Å². The van der Waals surface area contributed by atoms with Gasteiger partial charge in [0.25, 0.3) is 11.1 Å². The van der Waals surface area contributed by atoms with E-state index in [9.17, 15) is 19.8 Å². The van der Waals surface area contributed by atoms with Crippen LogP contribution < -0.4 is 30.1 Å². The van der Waals surface area contributed by atoms with Gasteiger partial charge in [-0.05, 0) is 152 Å². The van der Waals surface area contributed by atoms with Crippen LogP contribution >= 0.6 is 0 Å². The number of ether oxygens (including phenoxy) is 5. The van der Waals surface area contributed by atoms with Crippen molar-refractivity contribution >= 4 is 21.5 Å². The van der Waals surface area contributed by atoms with Crippen molar-refractivity contribution in [2.75, 3.05) is 41.7 Å². The van der Waals surface area contributed by atoms with Crippen molar-refractivity contribution in [2.24, 2.45) is 20.0 Å². The van der Waals surface area contributed by atoms with Crippen LogP contribution in [0.5, 0.6) is 34.5 Å². The number of aromatic nitrogens is 2. The molecule has 58 heavy (non-hydrogen) atoms. The smallest absolute Gasteiger partial charge is 0.262 e. The molecule has 11 heteroatoms. The standard InChI is InChI=1S/C26H31NO5.C21H23NO4/c1-15-10-18(11-16(2)24(15)28)21-13-19-14-22(30-4)20(12-17-6-8-32-9-7-17)25(31-5)23(19)26(29)27(21)3;1-11-7-14(8-12(2)19(11)23)16-9-15-10-17(25-5)13(3)20(26-6)18(15)21(24)22(16)4/h10-11,13-14,17,28H,6-9,12H2,1-5H3;7-10,23H,1-6H3. The van der Waals surface area contributed by atoms with Crippen LogP contribution in [0.1, 0.15) is 46.2 Å². The van der Waals surface area contributed by atoms with E-state index in [1.54, 1.807) is 51.7 Å². The molecule has 306 valence electrons. The second kappa shape index (κ2) is 16.9. The number of aryl methyl sites for hydroxylation is 4. The van der Waals surface area contributed by atoms with Gasteiger partial charge in [-0.3, -0.25) is 9.59 Å². The predicted octanol–water partition coefficient (Wildman–Crippen LogP) is 8.37. The van der Waals surface area contributed by atoms with Crippen molar-refractivity contribution in [1.29, 1.82) is 0 Å². The summed E-state index contributed by atoms with van der Waals surface area (Å²) in [5, 5.41) is 22.8. The minimum atomic E-state index is -0.136. The fourth-order valence-electron chi connectivity index (χ4n) is 8.23. The molecular weight excluding hydrogens is 737 g/mol. The van der Waals surface area contributed by atoms with Crippen molar-refractivity contribution in [3.05, 3.63) is 103 Å². The van der Waals surface area contributed by atoms with E-state index in [4.69, 9.17) is 23.7 Å². The normalized spacial score (nSPS) is 13.0. The lowest BCUT2D eigenvalue weighted by atomic mass is 9.90. The summed E-state index contributed by atoms with van der Waals surface area (Å²) < 4.78 is 31.3. The molecule has 0 bridgehead atoms. The van der Waals surface area contributed by atoms with Gasteiger partial charge in [0.15, 0.2) is 0 Å². The van der Waals surface area contributed by atoms with Crippen molar-refractivity contribution < 1.29 is 33.9 Å². The van der Waals surface area contributed by atoms with E-state index in [-0.39, 0.29) is 22.6 Å². The van der Waals surface area contributed by atoms with Crippen molar-refractivity contribution in [3.8, 4) is 57.0 Å². The number of pyridine rings is 2. The fourth-order valence-corrected chi connectivity index (χ4v) is 8.23. The van der Waals surface area contributed by atoms with E-state index in [2.05, 4.69) is 0 Å². The maximum absolute atomic E-state index is 13.6. The van der Waals surface area contributed by atoms with Gasteiger partial charge in [0.2, 0.25) is 0 Å². The molecule has 2 N–H and O–H groups in total.